The zero-order valence-corrected chi connectivity index (χ0v) is 25.3. The Morgan fingerprint density at radius 1 is 0.362 bits per heavy atom. The van der Waals surface area contributed by atoms with Gasteiger partial charge in [-0.25, -0.2) is 9.97 Å². The Balaban J connectivity index is 0.000000699. The molecule has 0 fully saturated rings. The monoisotopic (exact) mass is 681 g/mol. The summed E-state index contributed by atoms with van der Waals surface area (Å²) in [6, 6.07) is 35.0. The molecule has 17 heteroatoms. The zero-order valence-electron chi connectivity index (χ0n) is 24.1. The molecule has 0 amide bonds. The fraction of sp³-hybridized carbons (Fsp3) is 0. The summed E-state index contributed by atoms with van der Waals surface area (Å²) in [5.74, 6) is 0. The van der Waals surface area contributed by atoms with Gasteiger partial charge in [-0.1, -0.05) is 36.4 Å². The van der Waals surface area contributed by atoms with Crippen molar-refractivity contribution in [2.45, 2.75) is 0 Å². The molecule has 0 saturated heterocycles. The molecule has 0 spiro atoms. The van der Waals surface area contributed by atoms with Crippen LogP contribution in [0.1, 0.15) is 0 Å². The van der Waals surface area contributed by atoms with E-state index in [-0.39, 0.29) is 28.0 Å². The minimum absolute atomic E-state index is 0. The van der Waals surface area contributed by atoms with Crippen molar-refractivity contribution >= 4 is 0 Å². The van der Waals surface area contributed by atoms with Gasteiger partial charge in [-0.3, -0.25) is 19.9 Å². The van der Waals surface area contributed by atoms with Crippen LogP contribution in [-0.4, -0.2) is 51.0 Å². The second-order valence-electron chi connectivity index (χ2n) is 8.12. The second kappa shape index (κ2) is 22.3. The number of hydrogen-bond donors (Lipinski definition) is 0. The van der Waals surface area contributed by atoms with Crippen LogP contribution in [-0.2, 0) is 17.1 Å². The van der Waals surface area contributed by atoms with Crippen molar-refractivity contribution in [2.75, 3.05) is 0 Å². The van der Waals surface area contributed by atoms with E-state index in [0.29, 0.717) is 0 Å². The molecule has 4 N–H and O–H groups in total. The molecule has 0 aromatic carbocycles. The van der Waals surface area contributed by atoms with Crippen molar-refractivity contribution in [3.8, 4) is 45.6 Å². The number of hydrogen-bond acceptors (Lipinski definition) is 12. The number of nitrogens with zero attached hydrogens (tertiary/aromatic N) is 8. The molecule has 47 heavy (non-hydrogen) atoms. The first kappa shape index (κ1) is 40.7. The van der Waals surface area contributed by atoms with Gasteiger partial charge in [-0.15, -0.1) is 0 Å². The van der Waals surface area contributed by atoms with Gasteiger partial charge < -0.3 is 41.6 Å². The van der Waals surface area contributed by atoms with Gasteiger partial charge in [0.1, 0.15) is 0 Å². The van der Waals surface area contributed by atoms with E-state index in [1.54, 1.807) is 24.8 Å². The minimum Gasteiger partial charge on any atom is -0.412 e. The standard InChI is InChI=1S/2C15H11N3.Mn.2NO3.2H2O/c2*1-3-10-16-12(6-1)14-8-5-9-15(18-14)13-7-2-4-11-17-13;;2*2-1(3)4;;/h2*1-11H;;;;2*1H2/q;;+2;2*-1;;. The molecule has 0 saturated carbocycles. The normalized spacial score (nSPS) is 8.85. The van der Waals surface area contributed by atoms with E-state index in [0.717, 1.165) is 45.6 Å². The van der Waals surface area contributed by atoms with Crippen molar-refractivity contribution < 1.29 is 38.2 Å². The molecule has 1 radical (unpaired) electrons. The molecule has 0 aliphatic rings. The molecule has 0 atom stereocenters. The van der Waals surface area contributed by atoms with E-state index in [1.165, 1.54) is 0 Å². The SMILES string of the molecule is O.O.O=[N+]([O-])[O-].O=[N+]([O-])[O-].[Mn+2].c1ccc(-c2cccc(-c3ccccn3)n2)nc1.c1ccc(-c2cccc(-c3ccccn3)n2)nc1. The number of pyridine rings is 6. The Labute approximate surface area is 277 Å². The number of rotatable bonds is 4. The van der Waals surface area contributed by atoms with Crippen molar-refractivity contribution in [3.63, 3.8) is 0 Å². The van der Waals surface area contributed by atoms with Crippen molar-refractivity contribution in [2.24, 2.45) is 0 Å². The Bertz CT molecular complexity index is 1500. The quantitative estimate of drug-likeness (QED) is 0.143. The summed E-state index contributed by atoms with van der Waals surface area (Å²) in [6.45, 7) is 0. The summed E-state index contributed by atoms with van der Waals surface area (Å²) in [4.78, 5) is 42.9. The fourth-order valence-corrected chi connectivity index (χ4v) is 3.50. The molecule has 6 heterocycles. The molecular weight excluding hydrogens is 655 g/mol. The Morgan fingerprint density at radius 2 is 0.553 bits per heavy atom. The maximum absolute atomic E-state index is 8.25. The Kier molecular flexibility index (Phi) is 19.3. The third-order valence-corrected chi connectivity index (χ3v) is 5.21. The van der Waals surface area contributed by atoms with Gasteiger partial charge in [-0.05, 0) is 72.8 Å². The van der Waals surface area contributed by atoms with E-state index in [9.17, 15) is 0 Å². The molecule has 0 bridgehead atoms. The number of aromatic nitrogens is 6. The topological polar surface area (TPSA) is 273 Å². The van der Waals surface area contributed by atoms with E-state index < -0.39 is 10.2 Å². The van der Waals surface area contributed by atoms with Crippen LogP contribution in [0.3, 0.4) is 0 Å². The maximum atomic E-state index is 8.25. The summed E-state index contributed by atoms with van der Waals surface area (Å²) in [7, 11) is 0. The smallest absolute Gasteiger partial charge is 0.412 e. The van der Waals surface area contributed by atoms with Crippen LogP contribution >= 0.6 is 0 Å². The average Bonchev–Trinajstić information content (AvgIpc) is 3.06. The van der Waals surface area contributed by atoms with Crippen molar-refractivity contribution in [1.82, 2.24) is 29.9 Å². The summed E-state index contributed by atoms with van der Waals surface area (Å²) < 4.78 is 0. The zero-order chi connectivity index (χ0) is 31.6. The third kappa shape index (κ3) is 14.8. The summed E-state index contributed by atoms with van der Waals surface area (Å²) in [5.41, 5.74) is 6.92. The van der Waals surface area contributed by atoms with Gasteiger partial charge in [0.2, 0.25) is 0 Å². The largest absolute Gasteiger partial charge is 2.00 e. The first-order chi connectivity index (χ1) is 21.3. The van der Waals surface area contributed by atoms with Gasteiger partial charge in [0, 0.05) is 24.8 Å². The molecule has 0 unspecified atom stereocenters. The van der Waals surface area contributed by atoms with Crippen LogP contribution in [0.4, 0.5) is 0 Å². The van der Waals surface area contributed by atoms with E-state index >= 15 is 0 Å². The average molecular weight is 682 g/mol. The van der Waals surface area contributed by atoms with Gasteiger partial charge in [0.15, 0.2) is 0 Å². The fourth-order valence-electron chi connectivity index (χ4n) is 3.50. The van der Waals surface area contributed by atoms with E-state index in [4.69, 9.17) is 30.6 Å². The maximum Gasteiger partial charge on any atom is 2.00 e. The van der Waals surface area contributed by atoms with E-state index in [1.807, 2.05) is 109 Å². The van der Waals surface area contributed by atoms with Crippen LogP contribution in [0.25, 0.3) is 45.6 Å². The van der Waals surface area contributed by atoms with Crippen LogP contribution in [0.15, 0.2) is 134 Å². The van der Waals surface area contributed by atoms with Gasteiger partial charge >= 0.3 is 17.1 Å². The minimum atomic E-state index is -1.75. The summed E-state index contributed by atoms with van der Waals surface area (Å²) in [6.07, 6.45) is 7.07. The third-order valence-electron chi connectivity index (χ3n) is 5.21. The first-order valence-corrected chi connectivity index (χ1v) is 12.6. The van der Waals surface area contributed by atoms with Crippen LogP contribution in [0.5, 0.6) is 0 Å². The predicted molar refractivity (Wildman–Crippen MR) is 169 cm³/mol. The molecule has 0 aliphatic carbocycles. The second-order valence-corrected chi connectivity index (χ2v) is 8.12. The van der Waals surface area contributed by atoms with E-state index in [2.05, 4.69) is 29.9 Å². The predicted octanol–water partition coefficient (Wildman–Crippen LogP) is 4.28. The van der Waals surface area contributed by atoms with Crippen LogP contribution in [0.2, 0.25) is 0 Å². The van der Waals surface area contributed by atoms with Crippen LogP contribution in [0, 0.1) is 30.6 Å². The van der Waals surface area contributed by atoms with Gasteiger partial charge in [-0.2, -0.15) is 0 Å². The van der Waals surface area contributed by atoms with Crippen molar-refractivity contribution in [3.05, 3.63) is 165 Å². The van der Waals surface area contributed by atoms with Gasteiger partial charge in [0.25, 0.3) is 0 Å². The summed E-state index contributed by atoms with van der Waals surface area (Å²) in [5, 5.41) is 29.5. The Morgan fingerprint density at radius 3 is 0.723 bits per heavy atom. The molecule has 6 aromatic rings. The first-order valence-electron chi connectivity index (χ1n) is 12.6. The molecule has 16 nitrogen and oxygen atoms in total. The van der Waals surface area contributed by atoms with Crippen LogP contribution < -0.4 is 0 Å². The summed E-state index contributed by atoms with van der Waals surface area (Å²) >= 11 is 0. The molecule has 6 rings (SSSR count). The molecule has 241 valence electrons. The molecular formula is C30H26MnN8O8. The van der Waals surface area contributed by atoms with Crippen molar-refractivity contribution in [1.29, 1.82) is 0 Å². The molecule has 6 aromatic heterocycles. The van der Waals surface area contributed by atoms with Gasteiger partial charge in [0.05, 0.1) is 55.7 Å². The molecule has 0 aliphatic heterocycles. The Hall–Kier alpha value is -6.26.